The van der Waals surface area contributed by atoms with Gasteiger partial charge in [-0.15, -0.1) is 0 Å². The number of pyridine rings is 3. The Hall–Kier alpha value is -16.6. The number of rotatable bonds is 27. The summed E-state index contributed by atoms with van der Waals surface area (Å²) in [7, 11) is 0. The minimum Gasteiger partial charge on any atom is -0.424 e. The fourth-order valence-corrected chi connectivity index (χ4v) is 13.8. The van der Waals surface area contributed by atoms with E-state index in [9.17, 15) is 57.5 Å². The number of aromatic nitrogens is 12. The second-order valence-electron chi connectivity index (χ2n) is 31.1. The lowest BCUT2D eigenvalue weighted by Crippen LogP contribution is -2.39. The van der Waals surface area contributed by atoms with Gasteiger partial charge in [-0.2, -0.15) is 15.3 Å². The van der Waals surface area contributed by atoms with E-state index in [4.69, 9.17) is 28.4 Å². The quantitative estimate of drug-likeness (QED) is 0.0158. The van der Waals surface area contributed by atoms with Crippen LogP contribution in [0.4, 0.5) is 48.9 Å². The molecule has 6 N–H and O–H groups in total. The third kappa shape index (κ3) is 21.2. The van der Waals surface area contributed by atoms with Gasteiger partial charge < -0.3 is 60.3 Å². The normalized spacial score (nSPS) is 13.4. The SMILES string of the molecule is CCCNC(=O)c1ccc(C)c(Nc2ncnn3cc(C(=O)N(C(=O)OCOC(=O)c4cccnc4)C4CC4)c(C)c23)c1.Cc1ccc(C(=O)NC2=NCC=C2)cc1Nc1ncnn2cc(C(=O)N(C(=O)OCOC(=O)c3cccnc3)C3CC3)c(C)c12.Cc1ccc(C(=O)NC2CC2)cc1Nc1ncnn2cc(C(=O)N(C(=O)OCOC(=O)c3cccnc3)C3CC3)c(C)c12. The van der Waals surface area contributed by atoms with Crippen LogP contribution in [0.3, 0.4) is 0 Å². The summed E-state index contributed by atoms with van der Waals surface area (Å²) in [6, 6.07) is 24.5. The highest BCUT2D eigenvalue weighted by Crippen LogP contribution is 2.38. The average molecular weight is 1780 g/mol. The van der Waals surface area contributed by atoms with Gasteiger partial charge in [0.1, 0.15) is 41.4 Å². The lowest BCUT2D eigenvalue weighted by atomic mass is 10.1. The van der Waals surface area contributed by atoms with Crippen LogP contribution in [0.5, 0.6) is 0 Å². The fourth-order valence-electron chi connectivity index (χ4n) is 13.8. The van der Waals surface area contributed by atoms with Gasteiger partial charge >= 0.3 is 36.2 Å². The maximum absolute atomic E-state index is 13.7. The molecule has 10 heterocycles. The molecule has 17 rings (SSSR count). The second-order valence-corrected chi connectivity index (χ2v) is 31.1. The predicted molar refractivity (Wildman–Crippen MR) is 469 cm³/mol. The first-order valence-electron chi connectivity index (χ1n) is 41.8. The van der Waals surface area contributed by atoms with E-state index in [1.165, 1.54) is 106 Å². The van der Waals surface area contributed by atoms with E-state index in [2.05, 4.69) is 82.1 Å². The fraction of sp³-hybridized carbons (Fsp3) is 0.275. The molecule has 0 bridgehead atoms. The number of amides is 9. The summed E-state index contributed by atoms with van der Waals surface area (Å²) < 4.78 is 35.0. The molecule has 0 saturated heterocycles. The van der Waals surface area contributed by atoms with Crippen molar-refractivity contribution in [3.05, 3.63) is 261 Å². The van der Waals surface area contributed by atoms with Crippen molar-refractivity contribution in [2.45, 2.75) is 130 Å². The smallest absolute Gasteiger partial charge is 0.419 e. The van der Waals surface area contributed by atoms with E-state index in [0.717, 1.165) is 50.7 Å². The number of hydrogen-bond donors (Lipinski definition) is 6. The zero-order chi connectivity index (χ0) is 92.1. The van der Waals surface area contributed by atoms with Crippen LogP contribution in [-0.4, -0.2) is 209 Å². The molecule has 12 aromatic rings. The van der Waals surface area contributed by atoms with Crippen LogP contribution in [-0.2, 0) is 28.4 Å². The number of amidine groups is 1. The van der Waals surface area contributed by atoms with Crippen molar-refractivity contribution >= 4 is 129 Å². The molecular weight excluding hydrogens is 1690 g/mol. The van der Waals surface area contributed by atoms with Crippen LogP contribution in [0.25, 0.3) is 16.6 Å². The maximum atomic E-state index is 13.7. The summed E-state index contributed by atoms with van der Waals surface area (Å²) in [5, 5.41) is 31.3. The van der Waals surface area contributed by atoms with Crippen LogP contribution < -0.4 is 31.9 Å². The number of nitrogens with zero attached hydrogens (tertiary/aromatic N) is 16. The molecule has 0 spiro atoms. The molecule has 131 heavy (non-hydrogen) atoms. The number of benzene rings is 3. The molecule has 670 valence electrons. The first-order valence-corrected chi connectivity index (χ1v) is 41.8. The van der Waals surface area contributed by atoms with Gasteiger partial charge in [-0.3, -0.25) is 48.7 Å². The number of fused-ring (bicyclic) bond motifs is 3. The van der Waals surface area contributed by atoms with Gasteiger partial charge in [-0.05, 0) is 212 Å². The van der Waals surface area contributed by atoms with Crippen molar-refractivity contribution in [1.29, 1.82) is 0 Å². The summed E-state index contributed by atoms with van der Waals surface area (Å²) in [5.41, 5.74) is 10.6. The molecule has 40 nitrogen and oxygen atoms in total. The van der Waals surface area contributed by atoms with E-state index >= 15 is 0 Å². The van der Waals surface area contributed by atoms with Gasteiger partial charge in [-0.25, -0.2) is 72.0 Å². The molecule has 0 unspecified atom stereocenters. The van der Waals surface area contributed by atoms with Gasteiger partial charge in [0, 0.05) is 120 Å². The van der Waals surface area contributed by atoms with Crippen LogP contribution >= 0.6 is 0 Å². The topological polar surface area (TPSA) is 484 Å². The predicted octanol–water partition coefficient (Wildman–Crippen LogP) is 11.9. The number of aryl methyl sites for hydroxylation is 6. The second kappa shape index (κ2) is 40.0. The molecule has 0 radical (unpaired) electrons. The molecule has 4 aliphatic carbocycles. The average Bonchev–Trinajstić information content (AvgIpc) is 1.62. The molecule has 9 aromatic heterocycles. The van der Waals surface area contributed by atoms with E-state index < -0.39 is 74.3 Å². The number of hydrogen-bond acceptors (Lipinski definition) is 31. The van der Waals surface area contributed by atoms with Gasteiger partial charge in [-0.1, -0.05) is 31.2 Å². The number of nitrogens with one attached hydrogen (secondary N) is 6. The van der Waals surface area contributed by atoms with E-state index in [1.807, 2.05) is 52.0 Å². The van der Waals surface area contributed by atoms with Crippen molar-refractivity contribution in [2.24, 2.45) is 4.99 Å². The Bertz CT molecular complexity index is 6520. The summed E-state index contributed by atoms with van der Waals surface area (Å²) in [6.07, 6.45) is 24.6. The Balaban J connectivity index is 0.000000151. The number of imide groups is 3. The van der Waals surface area contributed by atoms with Crippen molar-refractivity contribution in [2.75, 3.05) is 49.4 Å². The Kier molecular flexibility index (Phi) is 27.2. The lowest BCUT2D eigenvalue weighted by Gasteiger charge is -2.19. The number of ether oxygens (including phenoxy) is 6. The van der Waals surface area contributed by atoms with E-state index in [0.29, 0.717) is 142 Å². The van der Waals surface area contributed by atoms with Crippen molar-refractivity contribution in [1.82, 2.24) is 89.4 Å². The van der Waals surface area contributed by atoms with Gasteiger partial charge in [0.2, 0.25) is 20.4 Å². The highest BCUT2D eigenvalue weighted by atomic mass is 16.7. The van der Waals surface area contributed by atoms with Crippen LogP contribution in [0.15, 0.2) is 183 Å². The number of esters is 3. The Morgan fingerprint density at radius 1 is 0.420 bits per heavy atom. The lowest BCUT2D eigenvalue weighted by molar-refractivity contribution is -0.0128. The minimum absolute atomic E-state index is 0.135. The van der Waals surface area contributed by atoms with Crippen molar-refractivity contribution in [3.8, 4) is 0 Å². The Morgan fingerprint density at radius 2 is 0.771 bits per heavy atom. The van der Waals surface area contributed by atoms with Crippen LogP contribution in [0.1, 0.15) is 191 Å². The van der Waals surface area contributed by atoms with Gasteiger partial charge in [0.25, 0.3) is 35.4 Å². The van der Waals surface area contributed by atoms with Crippen molar-refractivity contribution in [3.63, 3.8) is 0 Å². The number of carbonyl (C=O) groups excluding carboxylic acids is 12. The minimum atomic E-state index is -0.926. The number of carbonyl (C=O) groups is 12. The van der Waals surface area contributed by atoms with Crippen molar-refractivity contribution < 1.29 is 86.0 Å². The third-order valence-corrected chi connectivity index (χ3v) is 21.6. The van der Waals surface area contributed by atoms with Gasteiger partial charge in [0.15, 0.2) is 17.5 Å². The van der Waals surface area contributed by atoms with E-state index in [-0.39, 0.29) is 75.3 Å². The summed E-state index contributed by atoms with van der Waals surface area (Å²) in [5.74, 6) is -2.69. The molecule has 0 atom stereocenters. The maximum Gasteiger partial charge on any atom is 0.419 e. The summed E-state index contributed by atoms with van der Waals surface area (Å²) in [4.78, 5) is 187. The summed E-state index contributed by atoms with van der Waals surface area (Å²) in [6.45, 7) is 12.0. The van der Waals surface area contributed by atoms with Crippen LogP contribution in [0.2, 0.25) is 0 Å². The largest absolute Gasteiger partial charge is 0.424 e. The zero-order valence-corrected chi connectivity index (χ0v) is 72.0. The molecule has 5 aliphatic rings. The third-order valence-electron chi connectivity index (χ3n) is 21.6. The number of aliphatic imine (C=N–C) groups is 1. The number of anilines is 6. The molecule has 9 amide bonds. The summed E-state index contributed by atoms with van der Waals surface area (Å²) >= 11 is 0. The highest BCUT2D eigenvalue weighted by Gasteiger charge is 2.44. The molecule has 4 fully saturated rings. The monoisotopic (exact) mass is 1780 g/mol. The Labute approximate surface area is 746 Å². The highest BCUT2D eigenvalue weighted by molar-refractivity contribution is 6.12. The first-order chi connectivity index (χ1) is 63.4. The Morgan fingerprint density at radius 3 is 1.08 bits per heavy atom. The molecule has 40 heteroatoms. The molecule has 3 aromatic carbocycles. The van der Waals surface area contributed by atoms with E-state index in [1.54, 1.807) is 81.4 Å². The molecule has 4 saturated carbocycles. The first kappa shape index (κ1) is 89.3. The molecular formula is C91H88N22O18. The molecule has 1 aliphatic heterocycles. The van der Waals surface area contributed by atoms with Crippen LogP contribution in [0, 0.1) is 41.5 Å². The van der Waals surface area contributed by atoms with Gasteiger partial charge in [0.05, 0.1) is 39.9 Å². The standard InChI is InChI=1S/C31H28N8O6.C30H29N7O6.C30H31N7O6/c1-18-7-8-20(28(40)37-25-6-4-12-33-25)13-24(18)36-27-26-19(2)23(15-38(26)35-16-34-27)29(41)39(22-9-10-22)31(43)45-17-44-30(42)21-5-3-11-32-14-21;1-17-5-6-19(27(38)34-21-7-8-21)12-24(17)35-26-25-18(2)23(14-36(25)33-15-32-26)28(39)37(22-9-10-22)30(41)43-16-42-29(40)20-4-3-11-31-13-20;1-4-11-32-27(38)20-8-7-18(2)24(13-20)35-26-25-19(3)23(15-36(25)34-16-33-26)28(39)37(22-9-10-22)30(41)43-17-42-29(40)21-6-5-12-31-14-21/h3-8,11,13-16,22H,9-10,12,17H2,1-2H3,(H,33,37,40)(H,34,35,36);3-6,11-15,21-22H,7-10,16H2,1-2H3,(H,34,38)(H,32,33,35);5-8,12-16,22H,4,9-11,17H2,1-3H3,(H,32,38)(H,33,34,35). The zero-order valence-electron chi connectivity index (χ0n) is 72.0.